The van der Waals surface area contributed by atoms with Crippen molar-refractivity contribution in [2.24, 2.45) is 11.3 Å². The van der Waals surface area contributed by atoms with Gasteiger partial charge in [-0.05, 0) is 23.3 Å². The summed E-state index contributed by atoms with van der Waals surface area (Å²) in [5.41, 5.74) is 1.28. The molecule has 1 fully saturated rings. The highest BCUT2D eigenvalue weighted by atomic mass is 32.2. The summed E-state index contributed by atoms with van der Waals surface area (Å²) < 4.78 is 5.46. The van der Waals surface area contributed by atoms with E-state index in [2.05, 4.69) is 27.7 Å². The Morgan fingerprint density at radius 1 is 1.30 bits per heavy atom. The number of hydrogen-bond acceptors (Lipinski definition) is 3. The Kier molecular flexibility index (Phi) is 4.79. The Bertz CT molecular complexity index is 450. The van der Waals surface area contributed by atoms with Crippen LogP contribution in [-0.4, -0.2) is 16.5 Å². The van der Waals surface area contributed by atoms with Crippen LogP contribution in [0.3, 0.4) is 0 Å². The van der Waals surface area contributed by atoms with Gasteiger partial charge in [-0.25, -0.2) is 0 Å². The van der Waals surface area contributed by atoms with Gasteiger partial charge in [0.15, 0.2) is 0 Å². The Morgan fingerprint density at radius 2 is 1.95 bits per heavy atom. The van der Waals surface area contributed by atoms with Crippen LogP contribution in [0.4, 0.5) is 0 Å². The molecule has 0 amide bonds. The molecule has 3 atom stereocenters. The fourth-order valence-electron chi connectivity index (χ4n) is 2.86. The van der Waals surface area contributed by atoms with Crippen molar-refractivity contribution in [3.63, 3.8) is 0 Å². The fraction of sp³-hybridized carbons (Fsp3) is 0.588. The molecular weight excluding hydrogens is 268 g/mol. The third-order valence-corrected chi connectivity index (χ3v) is 5.93. The fourth-order valence-corrected chi connectivity index (χ4v) is 4.59. The van der Waals surface area contributed by atoms with Gasteiger partial charge in [0, 0.05) is 5.25 Å². The van der Waals surface area contributed by atoms with Crippen LogP contribution >= 0.6 is 11.8 Å². The van der Waals surface area contributed by atoms with Crippen molar-refractivity contribution in [1.29, 1.82) is 0 Å². The zero-order valence-electron chi connectivity index (χ0n) is 12.8. The normalized spacial score (nSPS) is 26.5. The summed E-state index contributed by atoms with van der Waals surface area (Å²) in [6, 6.07) is 9.86. The molecule has 0 aromatic heterocycles. The van der Waals surface area contributed by atoms with Gasteiger partial charge in [0.25, 0.3) is 0 Å². The van der Waals surface area contributed by atoms with Gasteiger partial charge < -0.3 is 4.74 Å². The first-order chi connectivity index (χ1) is 9.38. The topological polar surface area (TPSA) is 26.3 Å². The second-order valence-electron chi connectivity index (χ2n) is 6.72. The molecule has 2 nitrogen and oxygen atoms in total. The minimum atomic E-state index is -0.0579. The molecule has 1 aliphatic heterocycles. The van der Waals surface area contributed by atoms with E-state index in [1.807, 2.05) is 30.3 Å². The third-order valence-electron chi connectivity index (χ3n) is 3.75. The number of thioether (sulfide) groups is 1. The molecule has 0 N–H and O–H groups in total. The van der Waals surface area contributed by atoms with Crippen LogP contribution in [0.2, 0.25) is 0 Å². The summed E-state index contributed by atoms with van der Waals surface area (Å²) >= 11 is 1.79. The van der Waals surface area contributed by atoms with Gasteiger partial charge in [-0.2, -0.15) is 0 Å². The lowest BCUT2D eigenvalue weighted by Gasteiger charge is -2.29. The van der Waals surface area contributed by atoms with E-state index in [1.54, 1.807) is 11.8 Å². The quantitative estimate of drug-likeness (QED) is 0.778. The highest BCUT2D eigenvalue weighted by molar-refractivity contribution is 8.01. The maximum Gasteiger partial charge on any atom is 0.319 e. The summed E-state index contributed by atoms with van der Waals surface area (Å²) in [4.78, 5) is 12.2. The zero-order chi connectivity index (χ0) is 14.8. The molecule has 1 heterocycles. The van der Waals surface area contributed by atoms with Crippen LogP contribution in [0.15, 0.2) is 30.3 Å². The molecule has 0 spiro atoms. The Balaban J connectivity index is 1.88. The van der Waals surface area contributed by atoms with Crippen molar-refractivity contribution in [3.05, 3.63) is 35.9 Å². The van der Waals surface area contributed by atoms with E-state index in [9.17, 15) is 4.79 Å². The molecule has 0 aliphatic carbocycles. The van der Waals surface area contributed by atoms with Gasteiger partial charge in [0.2, 0.25) is 0 Å². The van der Waals surface area contributed by atoms with E-state index in [0.29, 0.717) is 17.8 Å². The maximum absolute atomic E-state index is 12.2. The van der Waals surface area contributed by atoms with Crippen molar-refractivity contribution in [1.82, 2.24) is 0 Å². The molecular formula is C17H24O2S. The number of ether oxygens (including phenoxy) is 1. The molecule has 1 aromatic carbocycles. The summed E-state index contributed by atoms with van der Waals surface area (Å²) in [6.45, 7) is 9.37. The second-order valence-corrected chi connectivity index (χ2v) is 8.07. The van der Waals surface area contributed by atoms with E-state index >= 15 is 0 Å². The second kappa shape index (κ2) is 6.21. The van der Waals surface area contributed by atoms with E-state index in [4.69, 9.17) is 4.74 Å². The van der Waals surface area contributed by atoms with Crippen molar-refractivity contribution in [2.75, 3.05) is 0 Å². The Labute approximate surface area is 126 Å². The molecule has 2 rings (SSSR count). The first kappa shape index (κ1) is 15.4. The first-order valence-electron chi connectivity index (χ1n) is 7.24. The average Bonchev–Trinajstić information content (AvgIpc) is 2.79. The zero-order valence-corrected chi connectivity index (χ0v) is 13.6. The molecule has 1 aromatic rings. The molecule has 1 saturated heterocycles. The van der Waals surface area contributed by atoms with Gasteiger partial charge in [-0.15, -0.1) is 11.8 Å². The standard InChI is InChI=1S/C17H24O2S/c1-12-10-14(20-15(12)17(2,3)4)16(18)19-11-13-8-6-5-7-9-13/h5-9,12,14-15H,10-11H2,1-4H3. The minimum absolute atomic E-state index is 0.00191. The van der Waals surface area contributed by atoms with Crippen LogP contribution in [0, 0.1) is 11.3 Å². The average molecular weight is 292 g/mol. The van der Waals surface area contributed by atoms with Crippen LogP contribution in [0.5, 0.6) is 0 Å². The van der Waals surface area contributed by atoms with Crippen LogP contribution in [-0.2, 0) is 16.1 Å². The molecule has 0 bridgehead atoms. The predicted octanol–water partition coefficient (Wildman–Crippen LogP) is 4.29. The SMILES string of the molecule is CC1CC(C(=O)OCc2ccccc2)SC1C(C)(C)C. The van der Waals surface area contributed by atoms with Gasteiger partial charge in [0.05, 0.1) is 0 Å². The van der Waals surface area contributed by atoms with Crippen LogP contribution in [0.25, 0.3) is 0 Å². The summed E-state index contributed by atoms with van der Waals surface area (Å²) in [5, 5.41) is 0.523. The Morgan fingerprint density at radius 3 is 2.50 bits per heavy atom. The lowest BCUT2D eigenvalue weighted by Crippen LogP contribution is -2.25. The van der Waals surface area contributed by atoms with Crippen molar-refractivity contribution < 1.29 is 9.53 Å². The molecule has 3 heteroatoms. The monoisotopic (exact) mass is 292 g/mol. The third kappa shape index (κ3) is 3.78. The van der Waals surface area contributed by atoms with Crippen molar-refractivity contribution in [3.8, 4) is 0 Å². The van der Waals surface area contributed by atoms with Crippen molar-refractivity contribution in [2.45, 2.75) is 51.2 Å². The first-order valence-corrected chi connectivity index (χ1v) is 8.18. The van der Waals surface area contributed by atoms with E-state index < -0.39 is 0 Å². The molecule has 3 unspecified atom stereocenters. The van der Waals surface area contributed by atoms with Crippen molar-refractivity contribution >= 4 is 17.7 Å². The maximum atomic E-state index is 12.2. The molecule has 110 valence electrons. The number of carbonyl (C=O) groups is 1. The summed E-state index contributed by atoms with van der Waals surface area (Å²) in [6.07, 6.45) is 0.931. The smallest absolute Gasteiger partial charge is 0.319 e. The van der Waals surface area contributed by atoms with Crippen LogP contribution < -0.4 is 0 Å². The predicted molar refractivity (Wildman–Crippen MR) is 84.6 cm³/mol. The number of hydrogen-bond donors (Lipinski definition) is 0. The lowest BCUT2D eigenvalue weighted by atomic mass is 9.83. The van der Waals surface area contributed by atoms with E-state index in [0.717, 1.165) is 12.0 Å². The number of esters is 1. The van der Waals surface area contributed by atoms with Gasteiger partial charge >= 0.3 is 5.97 Å². The summed E-state index contributed by atoms with van der Waals surface area (Å²) in [5.74, 6) is 0.506. The highest BCUT2D eigenvalue weighted by Gasteiger charge is 2.42. The molecule has 0 radical (unpaired) electrons. The van der Waals surface area contributed by atoms with Gasteiger partial charge in [0.1, 0.15) is 11.9 Å². The van der Waals surface area contributed by atoms with E-state index in [-0.39, 0.29) is 16.6 Å². The lowest BCUT2D eigenvalue weighted by molar-refractivity contribution is -0.144. The molecule has 20 heavy (non-hydrogen) atoms. The van der Waals surface area contributed by atoms with Gasteiger partial charge in [-0.3, -0.25) is 4.79 Å². The molecule has 0 saturated carbocycles. The number of carbonyl (C=O) groups excluding carboxylic acids is 1. The van der Waals surface area contributed by atoms with Gasteiger partial charge in [-0.1, -0.05) is 58.0 Å². The minimum Gasteiger partial charge on any atom is -0.460 e. The highest BCUT2D eigenvalue weighted by Crippen LogP contribution is 2.47. The van der Waals surface area contributed by atoms with E-state index in [1.165, 1.54) is 0 Å². The number of benzene rings is 1. The summed E-state index contributed by atoms with van der Waals surface area (Å²) in [7, 11) is 0. The van der Waals surface area contributed by atoms with Crippen LogP contribution in [0.1, 0.15) is 39.7 Å². The number of rotatable bonds is 3. The molecule has 1 aliphatic rings. The Hall–Kier alpha value is -0.960. The largest absolute Gasteiger partial charge is 0.460 e.